The Morgan fingerprint density at radius 2 is 1.77 bits per heavy atom. The van der Waals surface area contributed by atoms with Crippen LogP contribution in [0.4, 0.5) is 11.5 Å². The van der Waals surface area contributed by atoms with Crippen molar-refractivity contribution in [1.29, 1.82) is 0 Å². The molecule has 1 aliphatic heterocycles. The van der Waals surface area contributed by atoms with Crippen LogP contribution >= 0.6 is 0 Å². The van der Waals surface area contributed by atoms with Crippen molar-refractivity contribution in [2.75, 3.05) is 36.8 Å². The summed E-state index contributed by atoms with van der Waals surface area (Å²) in [5.74, 6) is 1.79. The zero-order valence-electron chi connectivity index (χ0n) is 14.7. The van der Waals surface area contributed by atoms with Crippen molar-refractivity contribution in [2.24, 2.45) is 0 Å². The molecule has 3 heterocycles. The monoisotopic (exact) mass is 351 g/mol. The lowest BCUT2D eigenvalue weighted by molar-refractivity contribution is -0.130. The van der Waals surface area contributed by atoms with Gasteiger partial charge in [0.05, 0.1) is 6.42 Å². The predicted molar refractivity (Wildman–Crippen MR) is 98.9 cm³/mol. The fourth-order valence-corrected chi connectivity index (χ4v) is 3.16. The third-order valence-corrected chi connectivity index (χ3v) is 4.70. The van der Waals surface area contributed by atoms with E-state index >= 15 is 0 Å². The van der Waals surface area contributed by atoms with E-state index in [2.05, 4.69) is 20.2 Å². The molecular weight excluding hydrogens is 330 g/mol. The van der Waals surface area contributed by atoms with Crippen LogP contribution in [0.25, 0.3) is 5.65 Å². The van der Waals surface area contributed by atoms with Crippen LogP contribution in [0.1, 0.15) is 11.4 Å². The molecule has 0 atom stereocenters. The van der Waals surface area contributed by atoms with E-state index in [0.29, 0.717) is 25.2 Å². The molecule has 4 rings (SSSR count). The number of amides is 1. The SMILES string of the molecule is Cc1nnc2ccc(N3CCN(C(=O)Cc4ccc(N)cc4)CC3)nn12. The number of benzene rings is 1. The third-order valence-electron chi connectivity index (χ3n) is 4.70. The van der Waals surface area contributed by atoms with Crippen LogP contribution in [0, 0.1) is 6.92 Å². The summed E-state index contributed by atoms with van der Waals surface area (Å²) < 4.78 is 1.74. The lowest BCUT2D eigenvalue weighted by Gasteiger charge is -2.35. The van der Waals surface area contributed by atoms with Gasteiger partial charge in [-0.15, -0.1) is 15.3 Å². The average Bonchev–Trinajstić information content (AvgIpc) is 3.04. The van der Waals surface area contributed by atoms with Crippen LogP contribution in [0.3, 0.4) is 0 Å². The summed E-state index contributed by atoms with van der Waals surface area (Å²) in [6.45, 7) is 4.77. The first kappa shape index (κ1) is 16.3. The largest absolute Gasteiger partial charge is 0.399 e. The van der Waals surface area contributed by atoms with E-state index in [4.69, 9.17) is 5.73 Å². The van der Waals surface area contributed by atoms with E-state index < -0.39 is 0 Å². The maximum Gasteiger partial charge on any atom is 0.227 e. The second kappa shape index (κ2) is 6.62. The molecule has 0 radical (unpaired) electrons. The molecule has 0 aliphatic carbocycles. The van der Waals surface area contributed by atoms with Gasteiger partial charge in [0, 0.05) is 31.9 Å². The number of aryl methyl sites for hydroxylation is 1. The van der Waals surface area contributed by atoms with E-state index in [1.165, 1.54) is 0 Å². The Kier molecular flexibility index (Phi) is 4.16. The summed E-state index contributed by atoms with van der Waals surface area (Å²) in [4.78, 5) is 16.6. The average molecular weight is 351 g/mol. The van der Waals surface area contributed by atoms with Crippen LogP contribution in [0.5, 0.6) is 0 Å². The summed E-state index contributed by atoms with van der Waals surface area (Å²) >= 11 is 0. The Bertz CT molecular complexity index is 926. The Labute approximate surface area is 151 Å². The normalized spacial score (nSPS) is 14.8. The van der Waals surface area contributed by atoms with Crippen LogP contribution < -0.4 is 10.6 Å². The van der Waals surface area contributed by atoms with Crippen LogP contribution in [0.15, 0.2) is 36.4 Å². The van der Waals surface area contributed by atoms with Crippen molar-refractivity contribution in [3.05, 3.63) is 47.8 Å². The van der Waals surface area contributed by atoms with Crippen molar-refractivity contribution in [3.63, 3.8) is 0 Å². The molecular formula is C18H21N7O. The quantitative estimate of drug-likeness (QED) is 0.705. The molecule has 8 heteroatoms. The standard InChI is InChI=1S/C18H21N7O/c1-13-20-21-16-6-7-17(22-25(13)16)23-8-10-24(11-9-23)18(26)12-14-2-4-15(19)5-3-14/h2-7H,8-12,19H2,1H3. The molecule has 0 saturated carbocycles. The van der Waals surface area contributed by atoms with Gasteiger partial charge < -0.3 is 15.5 Å². The molecule has 1 amide bonds. The topological polar surface area (TPSA) is 92.7 Å². The zero-order valence-corrected chi connectivity index (χ0v) is 14.7. The fraction of sp³-hybridized carbons (Fsp3) is 0.333. The molecule has 2 N–H and O–H groups in total. The highest BCUT2D eigenvalue weighted by Gasteiger charge is 2.22. The van der Waals surface area contributed by atoms with E-state index in [-0.39, 0.29) is 5.91 Å². The van der Waals surface area contributed by atoms with Gasteiger partial charge in [-0.05, 0) is 36.8 Å². The minimum absolute atomic E-state index is 0.146. The molecule has 3 aromatic rings. The number of nitrogens with two attached hydrogens (primary N) is 1. The van der Waals surface area contributed by atoms with Gasteiger partial charge in [0.25, 0.3) is 0 Å². The number of nitrogen functional groups attached to an aromatic ring is 1. The van der Waals surface area contributed by atoms with Gasteiger partial charge in [0.1, 0.15) is 5.82 Å². The molecule has 0 unspecified atom stereocenters. The van der Waals surface area contributed by atoms with E-state index in [1.54, 1.807) is 4.52 Å². The minimum atomic E-state index is 0.146. The van der Waals surface area contributed by atoms with Gasteiger partial charge in [-0.1, -0.05) is 12.1 Å². The van der Waals surface area contributed by atoms with Crippen LogP contribution in [-0.2, 0) is 11.2 Å². The third kappa shape index (κ3) is 3.17. The molecule has 134 valence electrons. The van der Waals surface area contributed by atoms with Gasteiger partial charge in [-0.2, -0.15) is 4.52 Å². The molecule has 1 fully saturated rings. The van der Waals surface area contributed by atoms with Gasteiger partial charge in [0.15, 0.2) is 11.5 Å². The lowest BCUT2D eigenvalue weighted by Crippen LogP contribution is -2.49. The molecule has 1 aromatic carbocycles. The first-order chi connectivity index (χ1) is 12.6. The first-order valence-corrected chi connectivity index (χ1v) is 8.66. The summed E-state index contributed by atoms with van der Waals surface area (Å²) in [5, 5.41) is 12.7. The Morgan fingerprint density at radius 1 is 1.04 bits per heavy atom. The minimum Gasteiger partial charge on any atom is -0.399 e. The maximum atomic E-state index is 12.5. The summed E-state index contributed by atoms with van der Waals surface area (Å²) in [6, 6.07) is 11.3. The molecule has 2 aromatic heterocycles. The van der Waals surface area contributed by atoms with Crippen LogP contribution in [0.2, 0.25) is 0 Å². The number of hydrogen-bond acceptors (Lipinski definition) is 6. The Balaban J connectivity index is 1.39. The fourth-order valence-electron chi connectivity index (χ4n) is 3.16. The van der Waals surface area contributed by atoms with Crippen molar-refractivity contribution < 1.29 is 4.79 Å². The Hall–Kier alpha value is -3.16. The van der Waals surface area contributed by atoms with Crippen molar-refractivity contribution in [2.45, 2.75) is 13.3 Å². The van der Waals surface area contributed by atoms with Gasteiger partial charge in [-0.3, -0.25) is 4.79 Å². The number of carbonyl (C=O) groups excluding carboxylic acids is 1. The van der Waals surface area contributed by atoms with Gasteiger partial charge >= 0.3 is 0 Å². The highest BCUT2D eigenvalue weighted by atomic mass is 16.2. The highest BCUT2D eigenvalue weighted by Crippen LogP contribution is 2.16. The van der Waals surface area contributed by atoms with Crippen molar-refractivity contribution in [1.82, 2.24) is 24.7 Å². The lowest BCUT2D eigenvalue weighted by atomic mass is 10.1. The molecule has 0 spiro atoms. The smallest absolute Gasteiger partial charge is 0.227 e. The summed E-state index contributed by atoms with van der Waals surface area (Å²) in [6.07, 6.45) is 0.407. The first-order valence-electron chi connectivity index (χ1n) is 8.66. The molecule has 1 saturated heterocycles. The number of nitrogens with zero attached hydrogens (tertiary/aromatic N) is 6. The number of hydrogen-bond donors (Lipinski definition) is 1. The summed E-state index contributed by atoms with van der Waals surface area (Å²) in [7, 11) is 0. The highest BCUT2D eigenvalue weighted by molar-refractivity contribution is 5.79. The van der Waals surface area contributed by atoms with E-state index in [0.717, 1.165) is 35.9 Å². The number of piperazine rings is 1. The predicted octanol–water partition coefficient (Wildman–Crippen LogP) is 0.906. The number of carbonyl (C=O) groups is 1. The van der Waals surface area contributed by atoms with Crippen molar-refractivity contribution >= 4 is 23.1 Å². The number of rotatable bonds is 3. The molecule has 26 heavy (non-hydrogen) atoms. The second-order valence-electron chi connectivity index (χ2n) is 6.49. The number of fused-ring (bicyclic) bond motifs is 1. The molecule has 1 aliphatic rings. The summed E-state index contributed by atoms with van der Waals surface area (Å²) in [5.41, 5.74) is 8.13. The van der Waals surface area contributed by atoms with Gasteiger partial charge in [0.2, 0.25) is 5.91 Å². The second-order valence-corrected chi connectivity index (χ2v) is 6.49. The van der Waals surface area contributed by atoms with Gasteiger partial charge in [-0.25, -0.2) is 0 Å². The maximum absolute atomic E-state index is 12.5. The van der Waals surface area contributed by atoms with Crippen LogP contribution in [-0.4, -0.2) is 56.8 Å². The van der Waals surface area contributed by atoms with Crippen molar-refractivity contribution in [3.8, 4) is 0 Å². The number of anilines is 2. The Morgan fingerprint density at radius 3 is 2.50 bits per heavy atom. The van der Waals surface area contributed by atoms with E-state index in [9.17, 15) is 4.79 Å². The number of aromatic nitrogens is 4. The molecule has 8 nitrogen and oxygen atoms in total. The zero-order chi connectivity index (χ0) is 18.1. The van der Waals surface area contributed by atoms with E-state index in [1.807, 2.05) is 48.2 Å². The molecule has 0 bridgehead atoms.